The van der Waals surface area contributed by atoms with Crippen LogP contribution in [0.5, 0.6) is 11.5 Å². The molecule has 4 atom stereocenters. The van der Waals surface area contributed by atoms with E-state index in [0.717, 1.165) is 106 Å². The average molecular weight is 1510 g/mol. The summed E-state index contributed by atoms with van der Waals surface area (Å²) in [5.41, 5.74) is 28.5. The summed E-state index contributed by atoms with van der Waals surface area (Å²) in [4.78, 5) is 30.4. The fourth-order valence-corrected chi connectivity index (χ4v) is 17.7. The molecule has 10 nitrogen and oxygen atoms in total. The number of hydrogen-bond acceptors (Lipinski definition) is 8. The molecule has 118 heavy (non-hydrogen) atoms. The Bertz CT molecular complexity index is 7090. The first-order chi connectivity index (χ1) is 58.5. The lowest BCUT2D eigenvalue weighted by molar-refractivity contribution is 0.225. The molecule has 2 aliphatic carbocycles. The lowest BCUT2D eigenvalue weighted by atomic mass is 9.85. The minimum Gasteiger partial charge on any atom is -0.484 e. The third-order valence-electron chi connectivity index (χ3n) is 23.3. The first-order valence-corrected chi connectivity index (χ1v) is 40.1. The molecule has 4 unspecified atom stereocenters. The van der Waals surface area contributed by atoms with Gasteiger partial charge in [0.2, 0.25) is 0 Å². The van der Waals surface area contributed by atoms with Crippen LogP contribution in [0.2, 0.25) is 0 Å². The lowest BCUT2D eigenvalue weighted by Crippen LogP contribution is -2.13. The second-order valence-electron chi connectivity index (χ2n) is 30.2. The highest BCUT2D eigenvalue weighted by molar-refractivity contribution is 5.94. The molecule has 556 valence electrons. The van der Waals surface area contributed by atoms with Crippen LogP contribution in [-0.2, 0) is 0 Å². The molecule has 0 N–H and O–H groups in total. The van der Waals surface area contributed by atoms with Gasteiger partial charge >= 0.3 is 0 Å². The van der Waals surface area contributed by atoms with Crippen LogP contribution in [0.25, 0.3) is 169 Å². The molecule has 0 fully saturated rings. The maximum atomic E-state index is 7.11. The van der Waals surface area contributed by atoms with E-state index in [0.29, 0.717) is 34.9 Å². The highest BCUT2D eigenvalue weighted by Crippen LogP contribution is 2.58. The molecule has 0 saturated carbocycles. The summed E-state index contributed by atoms with van der Waals surface area (Å²) >= 11 is 0. The molecule has 6 heterocycles. The van der Waals surface area contributed by atoms with Crippen molar-refractivity contribution in [2.24, 2.45) is 0 Å². The monoisotopic (exact) mass is 1510 g/mol. The van der Waals surface area contributed by atoms with Gasteiger partial charge in [-0.2, -0.15) is 0 Å². The lowest BCUT2D eigenvalue weighted by Gasteiger charge is -2.22. The zero-order chi connectivity index (χ0) is 78.0. The van der Waals surface area contributed by atoms with E-state index >= 15 is 0 Å². The van der Waals surface area contributed by atoms with Gasteiger partial charge in [0, 0.05) is 101 Å². The van der Waals surface area contributed by atoms with E-state index in [1.807, 2.05) is 48.5 Å². The van der Waals surface area contributed by atoms with Gasteiger partial charge in [0.15, 0.2) is 34.9 Å². The number of fused-ring (bicyclic) bond motifs is 14. The highest BCUT2D eigenvalue weighted by atomic mass is 16.5. The molecule has 23 rings (SSSR count). The Morgan fingerprint density at radius 1 is 0.220 bits per heavy atom. The van der Waals surface area contributed by atoms with Gasteiger partial charge in [-0.05, 0) is 105 Å². The summed E-state index contributed by atoms with van der Waals surface area (Å²) in [6.45, 7) is 0. The van der Waals surface area contributed by atoms with Crippen LogP contribution in [0.15, 0.2) is 400 Å². The fourth-order valence-electron chi connectivity index (χ4n) is 17.7. The molecular weight excluding hydrogens is 1440 g/mol. The third-order valence-corrected chi connectivity index (χ3v) is 23.3. The quantitative estimate of drug-likeness (QED) is 0.112. The van der Waals surface area contributed by atoms with Gasteiger partial charge in [0.25, 0.3) is 0 Å². The minimum atomic E-state index is -0.135. The van der Waals surface area contributed by atoms with Crippen LogP contribution in [0.4, 0.5) is 0 Å². The Morgan fingerprint density at radius 2 is 0.492 bits per heavy atom. The number of benzene rings is 15. The summed E-state index contributed by atoms with van der Waals surface area (Å²) in [6, 6.07) is 135. The zero-order valence-electron chi connectivity index (χ0n) is 64.0. The number of ether oxygens (including phenoxy) is 2. The Kier molecular flexibility index (Phi) is 17.3. The molecule has 4 aromatic heterocycles. The van der Waals surface area contributed by atoms with E-state index in [9.17, 15) is 0 Å². The maximum Gasteiger partial charge on any atom is 0.164 e. The normalized spacial score (nSPS) is 15.0. The Morgan fingerprint density at radius 3 is 0.873 bits per heavy atom. The van der Waals surface area contributed by atoms with Gasteiger partial charge in [0.1, 0.15) is 23.7 Å². The number of aromatic nitrogens is 8. The first kappa shape index (κ1) is 69.2. The average Bonchev–Trinajstić information content (AvgIpc) is 1.56. The zero-order valence-corrected chi connectivity index (χ0v) is 64.0. The number of nitrogens with zero attached hydrogens (tertiary/aromatic N) is 8. The van der Waals surface area contributed by atoms with Crippen molar-refractivity contribution in [1.29, 1.82) is 0 Å². The van der Waals surface area contributed by atoms with Gasteiger partial charge in [-0.15, -0.1) is 0 Å². The molecule has 4 aliphatic rings. The van der Waals surface area contributed by atoms with Crippen LogP contribution < -0.4 is 9.47 Å². The van der Waals surface area contributed by atoms with Crippen molar-refractivity contribution >= 4 is 34.0 Å². The number of rotatable bonds is 13. The van der Waals surface area contributed by atoms with Crippen LogP contribution in [0.1, 0.15) is 57.7 Å². The number of para-hydroxylation sites is 6. The van der Waals surface area contributed by atoms with Gasteiger partial charge in [-0.1, -0.05) is 352 Å². The molecular formula is C108H72N8O2. The van der Waals surface area contributed by atoms with E-state index in [1.54, 1.807) is 0 Å². The molecule has 0 spiro atoms. The van der Waals surface area contributed by atoms with Crippen molar-refractivity contribution in [3.63, 3.8) is 0 Å². The topological polar surface area (TPSA) is 106 Å². The van der Waals surface area contributed by atoms with Crippen LogP contribution in [0.3, 0.4) is 0 Å². The second-order valence-corrected chi connectivity index (χ2v) is 30.2. The molecule has 0 bridgehead atoms. The van der Waals surface area contributed by atoms with Crippen molar-refractivity contribution in [1.82, 2.24) is 39.0 Å². The van der Waals surface area contributed by atoms with Crippen LogP contribution >= 0.6 is 0 Å². The largest absolute Gasteiger partial charge is 0.484 e. The van der Waals surface area contributed by atoms with Crippen LogP contribution in [0, 0.1) is 0 Å². The van der Waals surface area contributed by atoms with Gasteiger partial charge in [0.05, 0.1) is 22.4 Å². The van der Waals surface area contributed by atoms with Crippen molar-refractivity contribution < 1.29 is 9.47 Å². The third kappa shape index (κ3) is 12.5. The fraction of sp³-hybridized carbons (Fsp3) is 0.0370. The summed E-state index contributed by atoms with van der Waals surface area (Å²) in [5, 5.41) is 2.45. The Hall–Kier alpha value is -15.5. The minimum absolute atomic E-state index is 0.107. The van der Waals surface area contributed by atoms with Gasteiger partial charge in [-0.3, -0.25) is 0 Å². The highest BCUT2D eigenvalue weighted by Gasteiger charge is 2.43. The summed E-state index contributed by atoms with van der Waals surface area (Å²) in [5.74, 6) is 5.85. The van der Waals surface area contributed by atoms with Crippen molar-refractivity contribution in [2.75, 3.05) is 0 Å². The molecule has 15 aromatic carbocycles. The van der Waals surface area contributed by atoms with Gasteiger partial charge in [-0.25, -0.2) is 29.9 Å². The summed E-state index contributed by atoms with van der Waals surface area (Å²) in [6.07, 6.45) is 8.96. The SMILES string of the molecule is C1=CC2c3cccc(-c4ccc(-c5nc(-c6ccc(-c7ccccc7)cc6)nc(-c6cccc(-c7ccccc7)c6)n5)cc4)c3OC2c2c1n(-c1ccccc1)c1ccccc21.C1=CC2c3cccc(-c4ccc(-c5nc(-c6ccccc6)nc(-c6cccc(-c7ccccc7)c6)n5)cc4)c3OC2c2c1n(-c1ccccc1)c1ccccc21. The summed E-state index contributed by atoms with van der Waals surface area (Å²) < 4.78 is 18.9. The van der Waals surface area contributed by atoms with Crippen LogP contribution in [-0.4, -0.2) is 39.0 Å². The van der Waals surface area contributed by atoms with Crippen molar-refractivity contribution in [3.05, 3.63) is 434 Å². The van der Waals surface area contributed by atoms with E-state index in [1.165, 1.54) is 61.0 Å². The predicted molar refractivity (Wildman–Crippen MR) is 476 cm³/mol. The molecule has 10 heteroatoms. The van der Waals surface area contributed by atoms with E-state index < -0.39 is 0 Å². The standard InChI is InChI=1S/C57H38N4O.C51H34N4O/c1-4-14-37(15-5-1)39-26-30-41(31-27-39)55-58-56(60-57(59-55)44-19-12-18-43(36-44)38-16-6-2-7-17-38)42-32-28-40(29-33-42)46-23-13-24-47-48-34-35-51-52(54(48)62-53(46)47)49-22-10-11-25-50(49)61(51)45-20-8-3-9-21-45;1-4-14-33(15-5-1)37-18-12-19-38(32-37)51-53-49(35-16-6-2-7-17-35)52-50(54-51)36-28-26-34(27-29-36)40-23-13-24-41-42-30-31-45-46(48(42)56-47(40)41)43-22-10-11-25-44(43)55(45)39-20-8-3-9-21-39/h1-36,48,54H;1-32,42,48H. The van der Waals surface area contributed by atoms with Crippen molar-refractivity contribution in [2.45, 2.75) is 24.0 Å². The van der Waals surface area contributed by atoms with E-state index in [-0.39, 0.29) is 24.0 Å². The first-order valence-electron chi connectivity index (χ1n) is 40.1. The molecule has 0 amide bonds. The van der Waals surface area contributed by atoms with Crippen molar-refractivity contribution in [3.8, 4) is 147 Å². The maximum absolute atomic E-state index is 7.11. The molecule has 0 saturated heterocycles. The van der Waals surface area contributed by atoms with E-state index in [2.05, 4.69) is 373 Å². The van der Waals surface area contributed by atoms with E-state index in [4.69, 9.17) is 39.4 Å². The molecule has 19 aromatic rings. The summed E-state index contributed by atoms with van der Waals surface area (Å²) in [7, 11) is 0. The smallest absolute Gasteiger partial charge is 0.164 e. The predicted octanol–water partition coefficient (Wildman–Crippen LogP) is 26.5. The van der Waals surface area contributed by atoms with Gasteiger partial charge < -0.3 is 18.6 Å². The number of hydrogen-bond donors (Lipinski definition) is 0. The Balaban J connectivity index is 0.000000143. The second kappa shape index (κ2) is 29.5. The molecule has 0 radical (unpaired) electrons. The molecule has 2 aliphatic heterocycles. The Labute approximate surface area is 683 Å².